The Kier molecular flexibility index (Phi) is 5.49. The lowest BCUT2D eigenvalue weighted by Gasteiger charge is -2.18. The number of sulfonamides is 1. The molecule has 3 N–H and O–H groups in total. The summed E-state index contributed by atoms with van der Waals surface area (Å²) in [6.45, 7) is 5.23. The summed E-state index contributed by atoms with van der Waals surface area (Å²) in [5, 5.41) is 8.11. The van der Waals surface area contributed by atoms with Crippen LogP contribution < -0.4 is 15.2 Å². The van der Waals surface area contributed by atoms with Crippen LogP contribution in [0.2, 0.25) is 0 Å². The maximum absolute atomic E-state index is 12.6. The normalized spacial score (nSPS) is 12.5. The highest BCUT2D eigenvalue weighted by atomic mass is 32.2. The number of ether oxygens (including phenoxy) is 1. The molecule has 0 saturated heterocycles. The third-order valence-corrected chi connectivity index (χ3v) is 5.18. The van der Waals surface area contributed by atoms with Gasteiger partial charge >= 0.3 is 0 Å². The van der Waals surface area contributed by atoms with Gasteiger partial charge in [-0.1, -0.05) is 18.2 Å². The van der Waals surface area contributed by atoms with Crippen LogP contribution in [0.25, 0.3) is 0 Å². The molecule has 0 heterocycles. The Morgan fingerprint density at radius 3 is 2.44 bits per heavy atom. The summed E-state index contributed by atoms with van der Waals surface area (Å²) in [5.74, 6) is 0.284. The first kappa shape index (κ1) is 19.0. The fourth-order valence-electron chi connectivity index (χ4n) is 2.64. The second-order valence-corrected chi connectivity index (χ2v) is 7.43. The zero-order valence-corrected chi connectivity index (χ0v) is 15.5. The first-order valence-electron chi connectivity index (χ1n) is 7.73. The van der Waals surface area contributed by atoms with Gasteiger partial charge in [0.05, 0.1) is 18.0 Å². The van der Waals surface area contributed by atoms with Gasteiger partial charge in [-0.2, -0.15) is 0 Å². The van der Waals surface area contributed by atoms with Crippen LogP contribution in [0, 0.1) is 13.8 Å². The number of primary sulfonamides is 1. The van der Waals surface area contributed by atoms with E-state index in [0.29, 0.717) is 16.9 Å². The summed E-state index contributed by atoms with van der Waals surface area (Å²) in [7, 11) is -2.34. The highest BCUT2D eigenvalue weighted by Crippen LogP contribution is 2.25. The van der Waals surface area contributed by atoms with Crippen molar-refractivity contribution in [3.63, 3.8) is 0 Å². The average Bonchev–Trinajstić information content (AvgIpc) is 2.55. The zero-order chi connectivity index (χ0) is 18.8. The molecule has 2 aromatic carbocycles. The fraction of sp³-hybridized carbons (Fsp3) is 0.278. The first-order valence-corrected chi connectivity index (χ1v) is 9.27. The van der Waals surface area contributed by atoms with Gasteiger partial charge in [0.25, 0.3) is 5.91 Å². The number of aryl methyl sites for hydroxylation is 1. The number of nitrogens with two attached hydrogens (primary N) is 1. The summed E-state index contributed by atoms with van der Waals surface area (Å²) >= 11 is 0. The van der Waals surface area contributed by atoms with Gasteiger partial charge in [-0.15, -0.1) is 0 Å². The molecule has 1 atom stereocenters. The topological polar surface area (TPSA) is 98.5 Å². The van der Waals surface area contributed by atoms with Crippen molar-refractivity contribution in [3.05, 3.63) is 58.7 Å². The first-order chi connectivity index (χ1) is 11.6. The number of carbonyl (C=O) groups is 1. The third kappa shape index (κ3) is 4.18. The van der Waals surface area contributed by atoms with Crippen LogP contribution in [-0.2, 0) is 10.0 Å². The van der Waals surface area contributed by atoms with Crippen molar-refractivity contribution in [1.29, 1.82) is 0 Å². The third-order valence-electron chi connectivity index (χ3n) is 4.14. The molecule has 134 valence electrons. The molecular weight excluding hydrogens is 340 g/mol. The minimum absolute atomic E-state index is 0.0393. The number of para-hydroxylation sites is 1. The van der Waals surface area contributed by atoms with E-state index >= 15 is 0 Å². The van der Waals surface area contributed by atoms with Crippen molar-refractivity contribution >= 4 is 15.9 Å². The highest BCUT2D eigenvalue weighted by molar-refractivity contribution is 7.89. The summed E-state index contributed by atoms with van der Waals surface area (Å²) in [5.41, 5.74) is 2.29. The van der Waals surface area contributed by atoms with Gasteiger partial charge in [0, 0.05) is 11.1 Å². The minimum atomic E-state index is -3.90. The Labute approximate surface area is 148 Å². The molecule has 0 aliphatic rings. The molecule has 0 aliphatic heterocycles. The summed E-state index contributed by atoms with van der Waals surface area (Å²) in [6, 6.07) is 10.0. The van der Waals surface area contributed by atoms with E-state index in [4.69, 9.17) is 9.88 Å². The van der Waals surface area contributed by atoms with Crippen LogP contribution in [-0.4, -0.2) is 21.4 Å². The Morgan fingerprint density at radius 1 is 1.20 bits per heavy atom. The Bertz CT molecular complexity index is 907. The molecule has 1 unspecified atom stereocenters. The van der Waals surface area contributed by atoms with Gasteiger partial charge in [0.2, 0.25) is 10.0 Å². The molecule has 0 saturated carbocycles. The van der Waals surface area contributed by atoms with Crippen molar-refractivity contribution in [2.45, 2.75) is 31.7 Å². The molecular formula is C18H22N2O4S. The van der Waals surface area contributed by atoms with E-state index in [0.717, 1.165) is 5.56 Å². The van der Waals surface area contributed by atoms with Crippen molar-refractivity contribution < 1.29 is 17.9 Å². The molecule has 0 fully saturated rings. The Balaban J connectivity index is 2.34. The monoisotopic (exact) mass is 362 g/mol. The molecule has 0 bridgehead atoms. The zero-order valence-electron chi connectivity index (χ0n) is 14.7. The minimum Gasteiger partial charge on any atom is -0.496 e. The number of nitrogens with one attached hydrogen (secondary N) is 1. The van der Waals surface area contributed by atoms with Gasteiger partial charge in [0.15, 0.2) is 0 Å². The molecule has 0 spiro atoms. The van der Waals surface area contributed by atoms with Crippen LogP contribution in [0.15, 0.2) is 41.3 Å². The predicted octanol–water partition coefficient (Wildman–Crippen LogP) is 2.45. The lowest BCUT2D eigenvalue weighted by Crippen LogP contribution is -2.27. The average molecular weight is 362 g/mol. The van der Waals surface area contributed by atoms with Crippen molar-refractivity contribution in [1.82, 2.24) is 5.32 Å². The van der Waals surface area contributed by atoms with Gasteiger partial charge in [-0.05, 0) is 50.1 Å². The van der Waals surface area contributed by atoms with Gasteiger partial charge in [-0.3, -0.25) is 4.79 Å². The highest BCUT2D eigenvalue weighted by Gasteiger charge is 2.19. The molecule has 1 amide bonds. The SMILES string of the molecule is COc1ccccc1C(C)NC(=O)c1cc(C)c(C)c(S(N)(=O)=O)c1. The number of carbonyl (C=O) groups excluding carboxylic acids is 1. The maximum Gasteiger partial charge on any atom is 0.251 e. The second kappa shape index (κ2) is 7.25. The molecule has 0 radical (unpaired) electrons. The van der Waals surface area contributed by atoms with E-state index in [9.17, 15) is 13.2 Å². The summed E-state index contributed by atoms with van der Waals surface area (Å²) < 4.78 is 28.8. The number of methoxy groups -OCH3 is 1. The smallest absolute Gasteiger partial charge is 0.251 e. The van der Waals surface area contributed by atoms with E-state index in [1.54, 1.807) is 27.0 Å². The van der Waals surface area contributed by atoms with Gasteiger partial charge in [0.1, 0.15) is 5.75 Å². The van der Waals surface area contributed by atoms with E-state index in [2.05, 4.69) is 5.32 Å². The molecule has 6 nitrogen and oxygen atoms in total. The number of amides is 1. The summed E-state index contributed by atoms with van der Waals surface area (Å²) in [6.07, 6.45) is 0. The Morgan fingerprint density at radius 2 is 1.84 bits per heavy atom. The maximum atomic E-state index is 12.6. The number of hydrogen-bond donors (Lipinski definition) is 2. The van der Waals surface area contributed by atoms with Crippen LogP contribution in [0.1, 0.15) is 40.0 Å². The van der Waals surface area contributed by atoms with Crippen LogP contribution >= 0.6 is 0 Å². The molecule has 2 rings (SSSR count). The number of hydrogen-bond acceptors (Lipinski definition) is 4. The quantitative estimate of drug-likeness (QED) is 0.853. The van der Waals surface area contributed by atoms with E-state index in [1.165, 1.54) is 6.07 Å². The summed E-state index contributed by atoms with van der Waals surface area (Å²) in [4.78, 5) is 12.5. The van der Waals surface area contributed by atoms with Crippen LogP contribution in [0.4, 0.5) is 0 Å². The van der Waals surface area contributed by atoms with Crippen molar-refractivity contribution in [3.8, 4) is 5.75 Å². The molecule has 25 heavy (non-hydrogen) atoms. The van der Waals surface area contributed by atoms with Crippen molar-refractivity contribution in [2.24, 2.45) is 5.14 Å². The number of rotatable bonds is 5. The largest absolute Gasteiger partial charge is 0.496 e. The van der Waals surface area contributed by atoms with Crippen LogP contribution in [0.5, 0.6) is 5.75 Å². The van der Waals surface area contributed by atoms with E-state index < -0.39 is 10.0 Å². The number of benzene rings is 2. The van der Waals surface area contributed by atoms with E-state index in [1.807, 2.05) is 31.2 Å². The second-order valence-electron chi connectivity index (χ2n) is 5.90. The lowest BCUT2D eigenvalue weighted by atomic mass is 10.0. The van der Waals surface area contributed by atoms with E-state index in [-0.39, 0.29) is 22.4 Å². The molecule has 7 heteroatoms. The molecule has 2 aromatic rings. The van der Waals surface area contributed by atoms with Crippen LogP contribution in [0.3, 0.4) is 0 Å². The fourth-order valence-corrected chi connectivity index (χ4v) is 3.51. The predicted molar refractivity (Wildman–Crippen MR) is 96.2 cm³/mol. The van der Waals surface area contributed by atoms with Gasteiger partial charge in [-0.25, -0.2) is 13.6 Å². The molecule has 0 aliphatic carbocycles. The van der Waals surface area contributed by atoms with Gasteiger partial charge < -0.3 is 10.1 Å². The lowest BCUT2D eigenvalue weighted by molar-refractivity contribution is 0.0939. The Hall–Kier alpha value is -2.38. The standard InChI is InChI=1S/C18H22N2O4S/c1-11-9-14(10-17(12(11)2)25(19,22)23)18(21)20-13(3)15-7-5-6-8-16(15)24-4/h5-10,13H,1-4H3,(H,20,21)(H2,19,22,23). The van der Waals surface area contributed by atoms with Crippen molar-refractivity contribution in [2.75, 3.05) is 7.11 Å². The molecule has 0 aromatic heterocycles.